The number of aliphatic hydroxyl groups is 2. The maximum atomic E-state index is 12.3. The lowest BCUT2D eigenvalue weighted by Crippen LogP contribution is -2.53. The van der Waals surface area contributed by atoms with Gasteiger partial charge in [-0.25, -0.2) is 10.2 Å². The number of nitrogens with one attached hydrogen (secondary N) is 1. The van der Waals surface area contributed by atoms with Crippen LogP contribution in [-0.2, 0) is 4.74 Å². The Bertz CT molecular complexity index is 587. The zero-order valence-electron chi connectivity index (χ0n) is 11.5. The number of halogens is 1. The Morgan fingerprint density at radius 2 is 2.27 bits per heavy atom. The van der Waals surface area contributed by atoms with Crippen molar-refractivity contribution in [3.8, 4) is 5.75 Å². The van der Waals surface area contributed by atoms with E-state index in [0.717, 1.165) is 4.47 Å². The number of fused-ring (bicyclic) bond motifs is 1. The smallest absolute Gasteiger partial charge is 0.410 e. The zero-order valence-corrected chi connectivity index (χ0v) is 13.1. The molecule has 1 amide bonds. The summed E-state index contributed by atoms with van der Waals surface area (Å²) in [6.07, 6.45) is -3.46. The molecule has 1 unspecified atom stereocenters. The number of benzene rings is 1. The third kappa shape index (κ3) is 2.60. The minimum absolute atomic E-state index is 0.168. The number of nitrogens with two attached hydrogens (primary N) is 1. The molecule has 2 aliphatic heterocycles. The van der Waals surface area contributed by atoms with Crippen molar-refractivity contribution in [3.05, 3.63) is 28.2 Å². The van der Waals surface area contributed by atoms with Gasteiger partial charge in [0.2, 0.25) is 0 Å². The fourth-order valence-electron chi connectivity index (χ4n) is 2.73. The number of amides is 1. The second-order valence-corrected chi connectivity index (χ2v) is 6.06. The number of aliphatic hydroxyl groups excluding tert-OH is 2. The number of ether oxygens (including phenoxy) is 2. The first kappa shape index (κ1) is 15.7. The highest BCUT2D eigenvalue weighted by Gasteiger charge is 2.45. The highest BCUT2D eigenvalue weighted by molar-refractivity contribution is 9.10. The molecule has 3 rings (SSSR count). The quantitative estimate of drug-likeness (QED) is 0.441. The van der Waals surface area contributed by atoms with Crippen molar-refractivity contribution in [3.63, 3.8) is 0 Å². The monoisotopic (exact) mass is 373 g/mol. The van der Waals surface area contributed by atoms with Gasteiger partial charge >= 0.3 is 6.09 Å². The second-order valence-electron chi connectivity index (χ2n) is 5.14. The SMILES string of the molecule is NNC1c2cc(Br)ccc2OC(=O)N1[C@H]1C[C@H](O)[C@@H](CO)O1. The summed E-state index contributed by atoms with van der Waals surface area (Å²) in [7, 11) is 0. The molecule has 9 heteroatoms. The van der Waals surface area contributed by atoms with E-state index < -0.39 is 30.7 Å². The van der Waals surface area contributed by atoms with Gasteiger partial charge in [0.15, 0.2) is 0 Å². The maximum Gasteiger partial charge on any atom is 0.418 e. The number of rotatable bonds is 3. The average Bonchev–Trinajstić information content (AvgIpc) is 2.87. The van der Waals surface area contributed by atoms with Gasteiger partial charge in [0.25, 0.3) is 0 Å². The molecular weight excluding hydrogens is 358 g/mol. The Hall–Kier alpha value is -1.23. The molecule has 8 nitrogen and oxygen atoms in total. The number of carbonyl (C=O) groups is 1. The molecule has 0 radical (unpaired) electrons. The third-order valence-corrected chi connectivity index (χ3v) is 4.30. The van der Waals surface area contributed by atoms with E-state index >= 15 is 0 Å². The van der Waals surface area contributed by atoms with E-state index in [-0.39, 0.29) is 13.0 Å². The predicted octanol–water partition coefficient (Wildman–Crippen LogP) is 0.194. The van der Waals surface area contributed by atoms with E-state index in [1.165, 1.54) is 4.90 Å². The summed E-state index contributed by atoms with van der Waals surface area (Å²) in [6, 6.07) is 5.21. The number of nitrogens with zero attached hydrogens (tertiary/aromatic N) is 1. The Balaban J connectivity index is 1.93. The summed E-state index contributed by atoms with van der Waals surface area (Å²) < 4.78 is 11.6. The van der Waals surface area contributed by atoms with Crippen LogP contribution in [0.4, 0.5) is 4.79 Å². The molecule has 0 spiro atoms. The van der Waals surface area contributed by atoms with Gasteiger partial charge in [0.05, 0.1) is 12.7 Å². The van der Waals surface area contributed by atoms with Gasteiger partial charge in [-0.05, 0) is 18.2 Å². The van der Waals surface area contributed by atoms with Crippen molar-refractivity contribution in [1.82, 2.24) is 10.3 Å². The van der Waals surface area contributed by atoms with Crippen LogP contribution in [0.5, 0.6) is 5.75 Å². The number of hydrogen-bond donors (Lipinski definition) is 4. The molecule has 1 fully saturated rings. The molecule has 22 heavy (non-hydrogen) atoms. The Kier molecular flexibility index (Phi) is 4.35. The van der Waals surface area contributed by atoms with Crippen LogP contribution < -0.4 is 16.0 Å². The Morgan fingerprint density at radius 1 is 1.50 bits per heavy atom. The number of hydrogen-bond acceptors (Lipinski definition) is 7. The lowest BCUT2D eigenvalue weighted by molar-refractivity contribution is -0.0877. The molecular formula is C13H16BrN3O5. The van der Waals surface area contributed by atoms with Gasteiger partial charge in [-0.15, -0.1) is 0 Å². The molecule has 0 saturated carbocycles. The number of carbonyl (C=O) groups excluding carboxylic acids is 1. The molecule has 4 atom stereocenters. The first-order valence-electron chi connectivity index (χ1n) is 6.75. The van der Waals surface area contributed by atoms with Crippen LogP contribution in [0.2, 0.25) is 0 Å². The van der Waals surface area contributed by atoms with Crippen LogP contribution in [0.1, 0.15) is 18.2 Å². The highest BCUT2D eigenvalue weighted by atomic mass is 79.9. The molecule has 1 aromatic carbocycles. The molecule has 0 aliphatic carbocycles. The molecule has 0 bridgehead atoms. The van der Waals surface area contributed by atoms with Crippen molar-refractivity contribution in [2.45, 2.75) is 31.0 Å². The molecule has 120 valence electrons. The first-order chi connectivity index (χ1) is 10.5. The number of hydrazine groups is 1. The largest absolute Gasteiger partial charge is 0.418 e. The van der Waals surface area contributed by atoms with Gasteiger partial charge in [0, 0.05) is 16.5 Å². The first-order valence-corrected chi connectivity index (χ1v) is 7.54. The minimum atomic E-state index is -0.856. The molecule has 0 aromatic heterocycles. The predicted molar refractivity (Wildman–Crippen MR) is 78.4 cm³/mol. The lowest BCUT2D eigenvalue weighted by Gasteiger charge is -2.38. The summed E-state index contributed by atoms with van der Waals surface area (Å²) in [5.41, 5.74) is 3.24. The third-order valence-electron chi connectivity index (χ3n) is 3.80. The van der Waals surface area contributed by atoms with Crippen LogP contribution in [0.15, 0.2) is 22.7 Å². The summed E-state index contributed by atoms with van der Waals surface area (Å²) in [5, 5.41) is 19.0. The summed E-state index contributed by atoms with van der Waals surface area (Å²) in [6.45, 7) is -0.330. The van der Waals surface area contributed by atoms with Crippen molar-refractivity contribution >= 4 is 22.0 Å². The van der Waals surface area contributed by atoms with E-state index in [2.05, 4.69) is 21.4 Å². The normalized spacial score (nSPS) is 31.1. The zero-order chi connectivity index (χ0) is 15.9. The van der Waals surface area contributed by atoms with Gasteiger partial charge in [-0.3, -0.25) is 10.7 Å². The van der Waals surface area contributed by atoms with Gasteiger partial charge in [0.1, 0.15) is 24.2 Å². The van der Waals surface area contributed by atoms with Gasteiger partial charge in [-0.2, -0.15) is 0 Å². The molecule has 1 saturated heterocycles. The van der Waals surface area contributed by atoms with Crippen molar-refractivity contribution < 1.29 is 24.5 Å². The lowest BCUT2D eigenvalue weighted by atomic mass is 10.1. The molecule has 2 aliphatic rings. The summed E-state index contributed by atoms with van der Waals surface area (Å²) in [4.78, 5) is 13.6. The van der Waals surface area contributed by atoms with E-state index in [9.17, 15) is 9.90 Å². The fraction of sp³-hybridized carbons (Fsp3) is 0.462. The fourth-order valence-corrected chi connectivity index (χ4v) is 3.11. The molecule has 5 N–H and O–H groups in total. The topological polar surface area (TPSA) is 117 Å². The maximum absolute atomic E-state index is 12.3. The average molecular weight is 374 g/mol. The van der Waals surface area contributed by atoms with Crippen LogP contribution >= 0.6 is 15.9 Å². The van der Waals surface area contributed by atoms with Crippen LogP contribution in [0, 0.1) is 0 Å². The van der Waals surface area contributed by atoms with E-state index in [0.29, 0.717) is 11.3 Å². The van der Waals surface area contributed by atoms with E-state index in [1.54, 1.807) is 18.2 Å². The van der Waals surface area contributed by atoms with E-state index in [4.69, 9.17) is 20.4 Å². The van der Waals surface area contributed by atoms with Gasteiger partial charge < -0.3 is 19.7 Å². The van der Waals surface area contributed by atoms with Crippen molar-refractivity contribution in [2.24, 2.45) is 5.84 Å². The highest BCUT2D eigenvalue weighted by Crippen LogP contribution is 2.38. The minimum Gasteiger partial charge on any atom is -0.410 e. The second kappa shape index (κ2) is 6.11. The summed E-state index contributed by atoms with van der Waals surface area (Å²) >= 11 is 3.36. The molecule has 1 aromatic rings. The standard InChI is InChI=1S/C13H16BrN3O5/c14-6-1-2-9-7(3-6)12(16-15)17(13(20)22-9)11-4-8(19)10(5-18)21-11/h1-3,8,10-12,16,18-19H,4-5,15H2/t8-,10+,11+,12?/m0/s1. The Labute approximate surface area is 134 Å². The Morgan fingerprint density at radius 3 is 2.91 bits per heavy atom. The summed E-state index contributed by atoms with van der Waals surface area (Å²) in [5.74, 6) is 6.02. The van der Waals surface area contributed by atoms with Crippen LogP contribution in [-0.4, -0.2) is 46.2 Å². The van der Waals surface area contributed by atoms with Crippen molar-refractivity contribution in [2.75, 3.05) is 6.61 Å². The van der Waals surface area contributed by atoms with Gasteiger partial charge in [-0.1, -0.05) is 15.9 Å². The van der Waals surface area contributed by atoms with E-state index in [1.807, 2.05) is 0 Å². The van der Waals surface area contributed by atoms with Crippen LogP contribution in [0.3, 0.4) is 0 Å². The van der Waals surface area contributed by atoms with Crippen LogP contribution in [0.25, 0.3) is 0 Å². The molecule has 2 heterocycles. The van der Waals surface area contributed by atoms with Crippen molar-refractivity contribution in [1.29, 1.82) is 0 Å².